The van der Waals surface area contributed by atoms with Gasteiger partial charge in [-0.2, -0.15) is 0 Å². The second kappa shape index (κ2) is 12.7. The van der Waals surface area contributed by atoms with E-state index in [0.717, 1.165) is 32.1 Å². The van der Waals surface area contributed by atoms with Crippen molar-refractivity contribution in [3.05, 3.63) is 42.0 Å². The van der Waals surface area contributed by atoms with E-state index in [-0.39, 0.29) is 12.4 Å². The third kappa shape index (κ3) is 9.25. The summed E-state index contributed by atoms with van der Waals surface area (Å²) in [5.41, 5.74) is 6.95. The largest absolute Gasteiger partial charge is 0.398 e. The van der Waals surface area contributed by atoms with Gasteiger partial charge in [-0.05, 0) is 31.1 Å². The van der Waals surface area contributed by atoms with Gasteiger partial charge in [0.25, 0.3) is 0 Å². The van der Waals surface area contributed by atoms with Gasteiger partial charge in [0.2, 0.25) is 0 Å². The highest BCUT2D eigenvalue weighted by Crippen LogP contribution is 2.14. The Morgan fingerprint density at radius 3 is 2.35 bits per heavy atom. The lowest BCUT2D eigenvalue weighted by Gasteiger charge is -2.25. The zero-order chi connectivity index (χ0) is 16.3. The van der Waals surface area contributed by atoms with Gasteiger partial charge in [-0.25, -0.2) is 0 Å². The maximum absolute atomic E-state index is 5.72. The molecule has 0 saturated carbocycles. The molecule has 0 saturated heterocycles. The van der Waals surface area contributed by atoms with E-state index in [0.29, 0.717) is 6.54 Å². The average molecular weight is 359 g/mol. The number of rotatable bonds is 11. The smallest absolute Gasteiger partial charge is 0.334 e. The molecule has 1 rings (SSSR count). The third-order valence-electron chi connectivity index (χ3n) is 3.89. The number of nitrogens with two attached hydrogens (primary N) is 1. The lowest BCUT2D eigenvalue weighted by atomic mass is 10.2. The standard InChI is InChI=1S/C17H30N2O2Si.ClH/c1-20-22(3,21-2)16-8-14-19(15-12-18)13-7-11-17-9-5-4-6-10-17;/h4-7,9-11H,8,12-16,18H2,1-3H3;1H. The molecular formula is C17H31ClN2O2Si. The van der Waals surface area contributed by atoms with Gasteiger partial charge in [0.05, 0.1) is 0 Å². The van der Waals surface area contributed by atoms with E-state index >= 15 is 0 Å². The highest BCUT2D eigenvalue weighted by Gasteiger charge is 2.27. The summed E-state index contributed by atoms with van der Waals surface area (Å²) in [6.45, 7) is 5.64. The van der Waals surface area contributed by atoms with E-state index in [1.165, 1.54) is 5.56 Å². The minimum atomic E-state index is -1.95. The van der Waals surface area contributed by atoms with Gasteiger partial charge in [-0.3, -0.25) is 4.90 Å². The van der Waals surface area contributed by atoms with Crippen molar-refractivity contribution in [2.24, 2.45) is 5.73 Å². The van der Waals surface area contributed by atoms with Gasteiger partial charge in [-0.15, -0.1) is 12.4 Å². The van der Waals surface area contributed by atoms with Crippen molar-refractivity contribution >= 4 is 27.0 Å². The van der Waals surface area contributed by atoms with E-state index in [2.05, 4.69) is 47.9 Å². The van der Waals surface area contributed by atoms with Gasteiger partial charge >= 0.3 is 8.56 Å². The lowest BCUT2D eigenvalue weighted by Crippen LogP contribution is -2.37. The predicted octanol–water partition coefficient (Wildman–Crippen LogP) is 3.14. The molecule has 0 unspecified atom stereocenters. The molecule has 0 spiro atoms. The van der Waals surface area contributed by atoms with Crippen molar-refractivity contribution in [3.8, 4) is 0 Å². The van der Waals surface area contributed by atoms with Crippen LogP contribution in [0, 0.1) is 0 Å². The zero-order valence-electron chi connectivity index (χ0n) is 14.5. The van der Waals surface area contributed by atoms with Crippen molar-refractivity contribution < 1.29 is 8.85 Å². The molecule has 23 heavy (non-hydrogen) atoms. The molecule has 0 heterocycles. The summed E-state index contributed by atoms with van der Waals surface area (Å²) in [6, 6.07) is 11.4. The Hall–Kier alpha value is -0.693. The van der Waals surface area contributed by atoms with Crippen LogP contribution < -0.4 is 5.73 Å². The Morgan fingerprint density at radius 1 is 1.13 bits per heavy atom. The van der Waals surface area contributed by atoms with Crippen LogP contribution in [0.4, 0.5) is 0 Å². The number of benzene rings is 1. The second-order valence-electron chi connectivity index (χ2n) is 5.55. The first-order valence-corrected chi connectivity index (χ1v) is 10.4. The first kappa shape index (κ1) is 22.3. The maximum Gasteiger partial charge on any atom is 0.334 e. The molecule has 0 atom stereocenters. The number of nitrogens with zero attached hydrogens (tertiary/aromatic N) is 1. The highest BCUT2D eigenvalue weighted by molar-refractivity contribution is 6.65. The maximum atomic E-state index is 5.72. The summed E-state index contributed by atoms with van der Waals surface area (Å²) >= 11 is 0. The molecule has 0 aliphatic heterocycles. The molecule has 0 fully saturated rings. The van der Waals surface area contributed by atoms with Crippen molar-refractivity contribution in [3.63, 3.8) is 0 Å². The Balaban J connectivity index is 0.00000484. The van der Waals surface area contributed by atoms with Crippen LogP contribution in [0.1, 0.15) is 12.0 Å². The monoisotopic (exact) mass is 358 g/mol. The molecule has 0 radical (unpaired) electrons. The van der Waals surface area contributed by atoms with E-state index in [1.54, 1.807) is 14.2 Å². The number of hydrogen-bond acceptors (Lipinski definition) is 4. The van der Waals surface area contributed by atoms with Gasteiger partial charge in [0.1, 0.15) is 0 Å². The van der Waals surface area contributed by atoms with Crippen molar-refractivity contribution in [2.75, 3.05) is 40.4 Å². The summed E-state index contributed by atoms with van der Waals surface area (Å²) in [7, 11) is 1.55. The summed E-state index contributed by atoms with van der Waals surface area (Å²) in [6.07, 6.45) is 5.44. The zero-order valence-corrected chi connectivity index (χ0v) is 16.3. The van der Waals surface area contributed by atoms with Crippen molar-refractivity contribution in [2.45, 2.75) is 19.0 Å². The SMILES string of the molecule is CO[Si](C)(CCCN(CC=Cc1ccccc1)CCN)OC.Cl. The summed E-state index contributed by atoms with van der Waals surface area (Å²) < 4.78 is 11.1. The minimum Gasteiger partial charge on any atom is -0.398 e. The van der Waals surface area contributed by atoms with Crippen LogP contribution in [-0.4, -0.2) is 53.9 Å². The quantitative estimate of drug-likeness (QED) is 0.617. The Labute approximate surface area is 148 Å². The summed E-state index contributed by atoms with van der Waals surface area (Å²) in [5, 5.41) is 0. The van der Waals surface area contributed by atoms with E-state index in [1.807, 2.05) is 6.07 Å². The van der Waals surface area contributed by atoms with Crippen LogP contribution in [0.25, 0.3) is 6.08 Å². The Kier molecular flexibility index (Phi) is 12.3. The fourth-order valence-electron chi connectivity index (χ4n) is 2.29. The Morgan fingerprint density at radius 2 is 1.78 bits per heavy atom. The van der Waals surface area contributed by atoms with Gasteiger partial charge in [0, 0.05) is 33.9 Å². The van der Waals surface area contributed by atoms with Gasteiger partial charge < -0.3 is 14.6 Å². The van der Waals surface area contributed by atoms with Crippen LogP contribution in [0.2, 0.25) is 12.6 Å². The van der Waals surface area contributed by atoms with Gasteiger partial charge in [-0.1, -0.05) is 42.5 Å². The van der Waals surface area contributed by atoms with Crippen LogP contribution in [0.15, 0.2) is 36.4 Å². The number of halogens is 1. The molecule has 0 aliphatic carbocycles. The highest BCUT2D eigenvalue weighted by atomic mass is 35.5. The fraction of sp³-hybridized carbons (Fsp3) is 0.529. The third-order valence-corrected chi connectivity index (χ3v) is 6.88. The summed E-state index contributed by atoms with van der Waals surface area (Å²) in [4.78, 5) is 2.37. The van der Waals surface area contributed by atoms with Crippen molar-refractivity contribution in [1.29, 1.82) is 0 Å². The molecule has 6 heteroatoms. The summed E-state index contributed by atoms with van der Waals surface area (Å²) in [5.74, 6) is 0. The van der Waals surface area contributed by atoms with E-state index < -0.39 is 8.56 Å². The van der Waals surface area contributed by atoms with E-state index in [4.69, 9.17) is 14.6 Å². The van der Waals surface area contributed by atoms with Gasteiger partial charge in [0.15, 0.2) is 0 Å². The van der Waals surface area contributed by atoms with E-state index in [9.17, 15) is 0 Å². The Bertz CT molecular complexity index is 428. The lowest BCUT2D eigenvalue weighted by molar-refractivity contribution is 0.243. The van der Waals surface area contributed by atoms with Crippen LogP contribution in [-0.2, 0) is 8.85 Å². The molecule has 1 aromatic rings. The molecule has 0 bridgehead atoms. The molecule has 0 amide bonds. The number of hydrogen-bond donors (Lipinski definition) is 1. The molecule has 0 aromatic heterocycles. The topological polar surface area (TPSA) is 47.7 Å². The molecule has 1 aromatic carbocycles. The first-order valence-electron chi connectivity index (χ1n) is 7.88. The first-order chi connectivity index (χ1) is 10.6. The fourth-order valence-corrected chi connectivity index (χ4v) is 3.67. The second-order valence-corrected chi connectivity index (χ2v) is 9.13. The molecule has 2 N–H and O–H groups in total. The minimum absolute atomic E-state index is 0. The normalized spacial score (nSPS) is 11.9. The molecule has 0 aliphatic rings. The van der Waals surface area contributed by atoms with Crippen LogP contribution in [0.5, 0.6) is 0 Å². The molecule has 4 nitrogen and oxygen atoms in total. The molecular weight excluding hydrogens is 328 g/mol. The van der Waals surface area contributed by atoms with Crippen molar-refractivity contribution in [1.82, 2.24) is 4.90 Å². The molecule has 132 valence electrons. The average Bonchev–Trinajstić information content (AvgIpc) is 2.55. The predicted molar refractivity (Wildman–Crippen MR) is 103 cm³/mol. The van der Waals surface area contributed by atoms with Crippen LogP contribution in [0.3, 0.4) is 0 Å². The van der Waals surface area contributed by atoms with Crippen LogP contribution >= 0.6 is 12.4 Å².